The molecule has 0 saturated heterocycles. The summed E-state index contributed by atoms with van der Waals surface area (Å²) in [7, 11) is 0. The molecule has 0 fully saturated rings. The van der Waals surface area contributed by atoms with Crippen molar-refractivity contribution in [1.82, 2.24) is 19.6 Å². The van der Waals surface area contributed by atoms with Crippen LogP contribution in [0.25, 0.3) is 0 Å². The lowest BCUT2D eigenvalue weighted by Crippen LogP contribution is -2.20. The van der Waals surface area contributed by atoms with Gasteiger partial charge in [0.2, 0.25) is 0 Å². The van der Waals surface area contributed by atoms with Crippen molar-refractivity contribution in [3.63, 3.8) is 0 Å². The fourth-order valence-electron chi connectivity index (χ4n) is 3.46. The number of hydrogen-bond acceptors (Lipinski definition) is 3. The van der Waals surface area contributed by atoms with Crippen LogP contribution in [0.15, 0.2) is 53.1 Å². The third kappa shape index (κ3) is 5.75. The predicted molar refractivity (Wildman–Crippen MR) is 148 cm³/mol. The second-order valence-corrected chi connectivity index (χ2v) is 10.1. The molecule has 2 N–H and O–H groups in total. The zero-order chi connectivity index (χ0) is 24.4. The summed E-state index contributed by atoms with van der Waals surface area (Å²) in [4.78, 5) is 0. The molecule has 2 aromatic carbocycles. The van der Waals surface area contributed by atoms with Crippen LogP contribution >= 0.6 is 63.0 Å². The topological polar surface area (TPSA) is 59.7 Å². The Bertz CT molecular complexity index is 1370. The zero-order valence-electron chi connectivity index (χ0n) is 18.2. The van der Waals surface area contributed by atoms with Crippen LogP contribution in [-0.2, 0) is 13.1 Å². The summed E-state index contributed by atoms with van der Waals surface area (Å²) < 4.78 is 4.45. The Kier molecular flexibility index (Phi) is 7.84. The Morgan fingerprint density at radius 1 is 0.971 bits per heavy atom. The van der Waals surface area contributed by atoms with Crippen LogP contribution in [0, 0.1) is 13.8 Å². The van der Waals surface area contributed by atoms with Gasteiger partial charge in [-0.15, -0.1) is 0 Å². The molecule has 0 aliphatic carbocycles. The molecule has 176 valence electrons. The minimum atomic E-state index is 0.402. The van der Waals surface area contributed by atoms with E-state index >= 15 is 0 Å². The molecular weight excluding hydrogens is 579 g/mol. The molecule has 4 aromatic rings. The summed E-state index contributed by atoms with van der Waals surface area (Å²) in [5.41, 5.74) is 4.48. The highest BCUT2D eigenvalue weighted by Gasteiger charge is 2.16. The van der Waals surface area contributed by atoms with Gasteiger partial charge in [-0.3, -0.25) is 9.36 Å². The number of rotatable bonds is 6. The average Bonchev–Trinajstić information content (AvgIpc) is 3.25. The van der Waals surface area contributed by atoms with Crippen LogP contribution < -0.4 is 10.6 Å². The van der Waals surface area contributed by atoms with Gasteiger partial charge < -0.3 is 10.6 Å². The third-order valence-electron chi connectivity index (χ3n) is 5.19. The Labute approximate surface area is 226 Å². The molecule has 0 amide bonds. The highest BCUT2D eigenvalue weighted by atomic mass is 79.9. The fraction of sp³-hybridized carbons (Fsp3) is 0.174. The summed E-state index contributed by atoms with van der Waals surface area (Å²) >= 11 is 27.7. The number of benzene rings is 2. The van der Waals surface area contributed by atoms with Gasteiger partial charge in [0.15, 0.2) is 10.9 Å². The van der Waals surface area contributed by atoms with Crippen LogP contribution in [0.4, 0.5) is 11.5 Å². The first-order chi connectivity index (χ1) is 16.2. The van der Waals surface area contributed by atoms with E-state index < -0.39 is 0 Å². The minimum absolute atomic E-state index is 0.402. The molecule has 0 saturated carbocycles. The first kappa shape index (κ1) is 25.0. The Morgan fingerprint density at radius 2 is 1.71 bits per heavy atom. The lowest BCUT2D eigenvalue weighted by Gasteiger charge is -2.11. The van der Waals surface area contributed by atoms with Gasteiger partial charge >= 0.3 is 0 Å². The lowest BCUT2D eigenvalue weighted by molar-refractivity contribution is 0.659. The Morgan fingerprint density at radius 3 is 2.44 bits per heavy atom. The molecule has 0 atom stereocenters. The van der Waals surface area contributed by atoms with Gasteiger partial charge in [0.05, 0.1) is 34.6 Å². The van der Waals surface area contributed by atoms with E-state index in [-0.39, 0.29) is 0 Å². The van der Waals surface area contributed by atoms with Gasteiger partial charge in [0, 0.05) is 21.3 Å². The maximum atomic E-state index is 6.34. The first-order valence-corrected chi connectivity index (χ1v) is 12.6. The van der Waals surface area contributed by atoms with E-state index in [9.17, 15) is 0 Å². The molecule has 0 unspecified atom stereocenters. The summed E-state index contributed by atoms with van der Waals surface area (Å²) in [5, 5.41) is 17.9. The molecule has 0 aliphatic heterocycles. The van der Waals surface area contributed by atoms with Crippen molar-refractivity contribution in [2.75, 3.05) is 10.6 Å². The molecule has 4 rings (SSSR count). The van der Waals surface area contributed by atoms with Gasteiger partial charge in [-0.05, 0) is 71.3 Å². The van der Waals surface area contributed by atoms with Crippen molar-refractivity contribution < 1.29 is 0 Å². The van der Waals surface area contributed by atoms with E-state index in [1.165, 1.54) is 0 Å². The van der Waals surface area contributed by atoms with E-state index in [0.29, 0.717) is 39.1 Å². The van der Waals surface area contributed by atoms with E-state index in [1.807, 2.05) is 61.1 Å². The van der Waals surface area contributed by atoms with Crippen LogP contribution in [0.1, 0.15) is 22.5 Å². The number of hydrogen-bond donors (Lipinski definition) is 2. The lowest BCUT2D eigenvalue weighted by atomic mass is 10.2. The van der Waals surface area contributed by atoms with Crippen molar-refractivity contribution in [3.8, 4) is 0 Å². The molecule has 2 heterocycles. The van der Waals surface area contributed by atoms with Crippen molar-refractivity contribution >= 4 is 79.6 Å². The van der Waals surface area contributed by atoms with Crippen molar-refractivity contribution in [2.45, 2.75) is 26.9 Å². The zero-order valence-corrected chi connectivity index (χ0v) is 22.9. The Hall–Kier alpha value is -2.10. The van der Waals surface area contributed by atoms with Crippen LogP contribution in [0.2, 0.25) is 15.1 Å². The second-order valence-electron chi connectivity index (χ2n) is 7.63. The van der Waals surface area contributed by atoms with E-state index in [0.717, 1.165) is 32.7 Å². The smallest absolute Gasteiger partial charge is 0.176 e. The van der Waals surface area contributed by atoms with Crippen LogP contribution in [-0.4, -0.2) is 24.7 Å². The number of nitrogens with zero attached hydrogens (tertiary/aromatic N) is 4. The summed E-state index contributed by atoms with van der Waals surface area (Å²) in [6.45, 7) is 4.95. The number of anilines is 2. The van der Waals surface area contributed by atoms with E-state index in [2.05, 4.69) is 36.8 Å². The van der Waals surface area contributed by atoms with Crippen molar-refractivity contribution in [3.05, 3.63) is 90.7 Å². The maximum absolute atomic E-state index is 6.34. The molecule has 2 aromatic heterocycles. The monoisotopic (exact) mass is 596 g/mol. The van der Waals surface area contributed by atoms with Crippen molar-refractivity contribution in [2.24, 2.45) is 0 Å². The fourth-order valence-corrected chi connectivity index (χ4v) is 4.74. The number of thiocarbonyl (C=S) groups is 1. The van der Waals surface area contributed by atoms with Gasteiger partial charge in [-0.2, -0.15) is 10.2 Å². The third-order valence-corrected chi connectivity index (χ3v) is 6.93. The van der Waals surface area contributed by atoms with Gasteiger partial charge in [-0.25, -0.2) is 0 Å². The molecule has 34 heavy (non-hydrogen) atoms. The highest BCUT2D eigenvalue weighted by Crippen LogP contribution is 2.26. The highest BCUT2D eigenvalue weighted by molar-refractivity contribution is 9.10. The molecule has 11 heteroatoms. The largest absolute Gasteiger partial charge is 0.329 e. The quantitative estimate of drug-likeness (QED) is 0.228. The molecule has 0 aliphatic rings. The molecule has 6 nitrogen and oxygen atoms in total. The van der Waals surface area contributed by atoms with Crippen LogP contribution in [0.5, 0.6) is 0 Å². The SMILES string of the molecule is Cc1nn(Cc2ccc(Cl)cc2Cl)c(C)c1NC(=S)Nc1nn(Cc2ccccc2Cl)cc1Br. The standard InChI is InChI=1S/C23H20BrCl3N6S/c1-13-21(14(2)33(30-13)11-16-7-8-17(25)9-20(16)27)28-23(34)29-22-18(24)12-32(31-22)10-15-5-3-4-6-19(15)26/h3-9,12H,10-11H2,1-2H3,(H2,28,29,31,34). The summed E-state index contributed by atoms with van der Waals surface area (Å²) in [6, 6.07) is 13.1. The normalized spacial score (nSPS) is 11.0. The predicted octanol–water partition coefficient (Wildman–Crippen LogP) is 7.32. The minimum Gasteiger partial charge on any atom is -0.329 e. The number of aromatic nitrogens is 4. The number of halogens is 4. The van der Waals surface area contributed by atoms with Crippen molar-refractivity contribution in [1.29, 1.82) is 0 Å². The van der Waals surface area contributed by atoms with Gasteiger partial charge in [-0.1, -0.05) is 59.1 Å². The Balaban J connectivity index is 1.45. The maximum Gasteiger partial charge on any atom is 0.176 e. The average molecular weight is 599 g/mol. The number of nitrogens with one attached hydrogen (secondary N) is 2. The van der Waals surface area contributed by atoms with Gasteiger partial charge in [0.1, 0.15) is 0 Å². The molecule has 0 radical (unpaired) electrons. The van der Waals surface area contributed by atoms with Crippen LogP contribution in [0.3, 0.4) is 0 Å². The van der Waals surface area contributed by atoms with Gasteiger partial charge in [0.25, 0.3) is 0 Å². The van der Waals surface area contributed by atoms with E-state index in [4.69, 9.17) is 47.0 Å². The molecule has 0 bridgehead atoms. The molecule has 0 spiro atoms. The number of aryl methyl sites for hydroxylation is 1. The summed E-state index contributed by atoms with van der Waals surface area (Å²) in [6.07, 6.45) is 1.87. The molecular formula is C23H20BrCl3N6S. The second kappa shape index (κ2) is 10.7. The van der Waals surface area contributed by atoms with E-state index in [1.54, 1.807) is 10.7 Å². The first-order valence-electron chi connectivity index (χ1n) is 10.2. The summed E-state index contributed by atoms with van der Waals surface area (Å²) in [5.74, 6) is 0.597.